The molecule has 1 N–H and O–H groups in total. The molecule has 0 heterocycles. The average molecular weight is 586 g/mol. The van der Waals surface area contributed by atoms with Gasteiger partial charge in [-0.05, 0) is 63.1 Å². The normalized spacial score (nSPS) is 12.8. The lowest BCUT2D eigenvalue weighted by atomic mass is 10.1. The average Bonchev–Trinajstić information content (AvgIpc) is 2.95. The molecule has 0 aromatic heterocycles. The molecule has 2 amide bonds. The molecule has 8 nitrogen and oxygen atoms in total. The minimum Gasteiger partial charge on any atom is -0.497 e. The van der Waals surface area contributed by atoms with Gasteiger partial charge in [0.05, 0.1) is 17.7 Å². The number of sulfonamides is 1. The lowest BCUT2D eigenvalue weighted by molar-refractivity contribution is -0.139. The van der Waals surface area contributed by atoms with Crippen molar-refractivity contribution in [2.24, 2.45) is 0 Å². The Morgan fingerprint density at radius 1 is 1.00 bits per heavy atom. The van der Waals surface area contributed by atoms with Crippen LogP contribution in [-0.4, -0.2) is 50.9 Å². The highest BCUT2D eigenvalue weighted by Gasteiger charge is 2.33. The number of halogens is 1. The first-order valence-corrected chi connectivity index (χ1v) is 14.9. The van der Waals surface area contributed by atoms with Crippen LogP contribution in [0.1, 0.15) is 38.3 Å². The van der Waals surface area contributed by atoms with Crippen molar-refractivity contribution in [3.63, 3.8) is 0 Å². The van der Waals surface area contributed by atoms with Crippen LogP contribution in [0, 0.1) is 6.92 Å². The summed E-state index contributed by atoms with van der Waals surface area (Å²) >= 11 is 6.41. The van der Waals surface area contributed by atoms with E-state index in [2.05, 4.69) is 5.32 Å². The smallest absolute Gasteiger partial charge is 0.264 e. The van der Waals surface area contributed by atoms with E-state index in [-0.39, 0.29) is 29.1 Å². The van der Waals surface area contributed by atoms with Crippen LogP contribution in [0.2, 0.25) is 5.02 Å². The number of hydrogen-bond donors (Lipinski definition) is 1. The molecule has 3 rings (SSSR count). The van der Waals surface area contributed by atoms with Crippen LogP contribution in [0.4, 0.5) is 5.69 Å². The van der Waals surface area contributed by atoms with E-state index in [0.29, 0.717) is 16.3 Å². The number of benzene rings is 3. The molecule has 0 fully saturated rings. The van der Waals surface area contributed by atoms with Crippen LogP contribution in [0.15, 0.2) is 77.7 Å². The molecular formula is C30H36ClN3O5S. The van der Waals surface area contributed by atoms with Crippen molar-refractivity contribution in [3.8, 4) is 5.75 Å². The molecule has 0 aliphatic carbocycles. The number of carbonyl (C=O) groups excluding carboxylic acids is 2. The fraction of sp³-hybridized carbons (Fsp3) is 0.333. The molecular weight excluding hydrogens is 550 g/mol. The molecule has 0 spiro atoms. The molecule has 0 aliphatic heterocycles. The highest BCUT2D eigenvalue weighted by Crippen LogP contribution is 2.28. The molecule has 3 aromatic rings. The van der Waals surface area contributed by atoms with Crippen molar-refractivity contribution in [2.45, 2.75) is 57.6 Å². The van der Waals surface area contributed by atoms with Crippen LogP contribution < -0.4 is 14.4 Å². The van der Waals surface area contributed by atoms with E-state index in [0.717, 1.165) is 16.3 Å². The zero-order valence-corrected chi connectivity index (χ0v) is 25.0. The molecule has 40 heavy (non-hydrogen) atoms. The molecule has 10 heteroatoms. The topological polar surface area (TPSA) is 96.0 Å². The first-order valence-electron chi connectivity index (χ1n) is 13.0. The van der Waals surface area contributed by atoms with Crippen LogP contribution >= 0.6 is 11.6 Å². The largest absolute Gasteiger partial charge is 0.497 e. The monoisotopic (exact) mass is 585 g/mol. The number of nitrogens with one attached hydrogen (secondary N) is 1. The van der Waals surface area contributed by atoms with Gasteiger partial charge in [0.25, 0.3) is 10.0 Å². The van der Waals surface area contributed by atoms with Crippen LogP contribution in [0.25, 0.3) is 0 Å². The lowest BCUT2D eigenvalue weighted by Gasteiger charge is -2.32. The van der Waals surface area contributed by atoms with E-state index in [9.17, 15) is 18.0 Å². The Balaban J connectivity index is 2.05. The van der Waals surface area contributed by atoms with E-state index < -0.39 is 28.5 Å². The molecule has 2 atom stereocenters. The molecule has 0 radical (unpaired) electrons. The van der Waals surface area contributed by atoms with Crippen molar-refractivity contribution in [2.75, 3.05) is 18.0 Å². The Hall–Kier alpha value is -3.56. The predicted molar refractivity (Wildman–Crippen MR) is 158 cm³/mol. The molecule has 3 aromatic carbocycles. The summed E-state index contributed by atoms with van der Waals surface area (Å²) in [4.78, 5) is 28.5. The van der Waals surface area contributed by atoms with Gasteiger partial charge in [-0.25, -0.2) is 8.42 Å². The van der Waals surface area contributed by atoms with Crippen molar-refractivity contribution >= 4 is 39.1 Å². The summed E-state index contributed by atoms with van der Waals surface area (Å²) in [7, 11) is -2.69. The van der Waals surface area contributed by atoms with Gasteiger partial charge in [-0.2, -0.15) is 0 Å². The van der Waals surface area contributed by atoms with Crippen molar-refractivity contribution in [1.82, 2.24) is 10.2 Å². The Bertz CT molecular complexity index is 1430. The second kappa shape index (κ2) is 13.7. The number of ether oxygens (including phenoxy) is 1. The van der Waals surface area contributed by atoms with E-state index in [4.69, 9.17) is 16.3 Å². The van der Waals surface area contributed by atoms with Gasteiger partial charge in [-0.3, -0.25) is 13.9 Å². The molecule has 0 saturated heterocycles. The summed E-state index contributed by atoms with van der Waals surface area (Å²) in [6, 6.07) is 18.9. The number of amides is 2. The Kier molecular flexibility index (Phi) is 10.6. The highest BCUT2D eigenvalue weighted by atomic mass is 35.5. The maximum atomic E-state index is 14.0. The SMILES string of the molecule is CC[C@H](C)NC(=O)[C@H](C)N(Cc1ccccc1Cl)C(=O)CN(c1cccc(OC)c1)S(=O)(=O)c1ccc(C)cc1. The van der Waals surface area contributed by atoms with Crippen LogP contribution in [0.5, 0.6) is 5.75 Å². The fourth-order valence-electron chi connectivity index (χ4n) is 3.99. The zero-order valence-electron chi connectivity index (χ0n) is 23.4. The number of hydrogen-bond acceptors (Lipinski definition) is 5. The third-order valence-corrected chi connectivity index (χ3v) is 8.85. The summed E-state index contributed by atoms with van der Waals surface area (Å²) < 4.78 is 34.2. The molecule has 0 aliphatic rings. The van der Waals surface area contributed by atoms with Crippen LogP contribution in [-0.2, 0) is 26.2 Å². The van der Waals surface area contributed by atoms with E-state index in [1.54, 1.807) is 67.6 Å². The summed E-state index contributed by atoms with van der Waals surface area (Å²) in [6.07, 6.45) is 0.718. The number of rotatable bonds is 12. The maximum Gasteiger partial charge on any atom is 0.264 e. The summed E-state index contributed by atoms with van der Waals surface area (Å²) in [6.45, 7) is 6.78. The Morgan fingerprint density at radius 3 is 2.30 bits per heavy atom. The Morgan fingerprint density at radius 2 is 1.68 bits per heavy atom. The van der Waals surface area contributed by atoms with Crippen molar-refractivity contribution in [3.05, 3.63) is 88.9 Å². The van der Waals surface area contributed by atoms with Crippen molar-refractivity contribution < 1.29 is 22.7 Å². The van der Waals surface area contributed by atoms with Gasteiger partial charge >= 0.3 is 0 Å². The third-order valence-electron chi connectivity index (χ3n) is 6.70. The number of methoxy groups -OCH3 is 1. The number of aryl methyl sites for hydroxylation is 1. The number of nitrogens with zero attached hydrogens (tertiary/aromatic N) is 2. The van der Waals surface area contributed by atoms with Gasteiger partial charge < -0.3 is 15.0 Å². The second-order valence-electron chi connectivity index (χ2n) is 9.63. The van der Waals surface area contributed by atoms with Crippen LogP contribution in [0.3, 0.4) is 0 Å². The summed E-state index contributed by atoms with van der Waals surface area (Å²) in [5.41, 5.74) is 1.78. The molecule has 0 unspecified atom stereocenters. The number of carbonyl (C=O) groups is 2. The standard InChI is InChI=1S/C30H36ClN3O5S/c1-6-22(3)32-30(36)23(4)33(19-24-10-7-8-13-28(24)31)29(35)20-34(25-11-9-12-26(18-25)39-5)40(37,38)27-16-14-21(2)15-17-27/h7-18,22-23H,6,19-20H2,1-5H3,(H,32,36)/t22-,23-/m0/s1. The van der Waals surface area contributed by atoms with E-state index >= 15 is 0 Å². The highest BCUT2D eigenvalue weighted by molar-refractivity contribution is 7.92. The summed E-state index contributed by atoms with van der Waals surface area (Å²) in [5.74, 6) is -0.474. The van der Waals surface area contributed by atoms with E-state index in [1.165, 1.54) is 24.1 Å². The molecule has 214 valence electrons. The van der Waals surface area contributed by atoms with Gasteiger partial charge in [0.2, 0.25) is 11.8 Å². The zero-order chi connectivity index (χ0) is 29.4. The minimum atomic E-state index is -4.17. The first kappa shape index (κ1) is 31.0. The lowest BCUT2D eigenvalue weighted by Crippen LogP contribution is -2.52. The van der Waals surface area contributed by atoms with Gasteiger partial charge in [0.1, 0.15) is 18.3 Å². The van der Waals surface area contributed by atoms with E-state index in [1.807, 2.05) is 20.8 Å². The minimum absolute atomic E-state index is 0.0180. The van der Waals surface area contributed by atoms with Gasteiger partial charge in [0, 0.05) is 23.7 Å². The quantitative estimate of drug-likeness (QED) is 0.316. The third kappa shape index (κ3) is 7.55. The van der Waals surface area contributed by atoms with Crippen molar-refractivity contribution in [1.29, 1.82) is 0 Å². The number of anilines is 1. The maximum absolute atomic E-state index is 14.0. The first-order chi connectivity index (χ1) is 19.0. The molecule has 0 bridgehead atoms. The molecule has 0 saturated carbocycles. The second-order valence-corrected chi connectivity index (χ2v) is 11.9. The van der Waals surface area contributed by atoms with Gasteiger partial charge in [0.15, 0.2) is 0 Å². The van der Waals surface area contributed by atoms with Gasteiger partial charge in [-0.1, -0.05) is 60.5 Å². The van der Waals surface area contributed by atoms with Gasteiger partial charge in [-0.15, -0.1) is 0 Å². The predicted octanol–water partition coefficient (Wildman–Crippen LogP) is 5.18. The fourth-order valence-corrected chi connectivity index (χ4v) is 5.59. The Labute approximate surface area is 241 Å². The summed E-state index contributed by atoms with van der Waals surface area (Å²) in [5, 5.41) is 3.35.